The minimum atomic E-state index is -1.68. The van der Waals surface area contributed by atoms with Crippen molar-refractivity contribution in [1.82, 2.24) is 0 Å². The van der Waals surface area contributed by atoms with E-state index in [-0.39, 0.29) is 0 Å². The summed E-state index contributed by atoms with van der Waals surface area (Å²) >= 11 is -1.68. The van der Waals surface area contributed by atoms with Crippen molar-refractivity contribution in [2.75, 3.05) is 13.2 Å². The van der Waals surface area contributed by atoms with E-state index >= 15 is 0 Å². The van der Waals surface area contributed by atoms with E-state index in [9.17, 15) is 4.21 Å². The molecule has 1 aromatic carbocycles. The highest BCUT2D eigenvalue weighted by molar-refractivity contribution is 7.75. The molecule has 0 fully saturated rings. The molecule has 122 valence electrons. The zero-order chi connectivity index (χ0) is 16.2. The van der Waals surface area contributed by atoms with Crippen LogP contribution in [-0.2, 0) is 26.1 Å². The van der Waals surface area contributed by atoms with Crippen LogP contribution in [0.15, 0.2) is 53.6 Å². The van der Waals surface area contributed by atoms with Gasteiger partial charge in [0.15, 0.2) is 0 Å². The van der Waals surface area contributed by atoms with Gasteiger partial charge in [0.25, 0.3) is 0 Å². The molecular formula is C18H26O3S. The van der Waals surface area contributed by atoms with Gasteiger partial charge in [-0.3, -0.25) is 8.37 Å². The van der Waals surface area contributed by atoms with Crippen molar-refractivity contribution >= 4 is 11.4 Å². The maximum absolute atomic E-state index is 11.5. The predicted molar refractivity (Wildman–Crippen MR) is 92.6 cm³/mol. The zero-order valence-corrected chi connectivity index (χ0v) is 14.5. The molecule has 1 atom stereocenters. The molecule has 1 aromatic rings. The number of allylic oxidation sites excluding steroid dienone is 3. The third kappa shape index (κ3) is 9.66. The van der Waals surface area contributed by atoms with Crippen LogP contribution in [0.3, 0.4) is 0 Å². The molecule has 0 aliphatic carbocycles. The normalized spacial score (nSPS) is 13.0. The Kier molecular flexibility index (Phi) is 9.71. The van der Waals surface area contributed by atoms with Crippen LogP contribution < -0.4 is 0 Å². The van der Waals surface area contributed by atoms with Crippen molar-refractivity contribution in [3.63, 3.8) is 0 Å². The molecule has 0 bridgehead atoms. The summed E-state index contributed by atoms with van der Waals surface area (Å²) in [5.74, 6) is 0. The molecular weight excluding hydrogens is 296 g/mol. The van der Waals surface area contributed by atoms with Gasteiger partial charge >= 0.3 is 11.4 Å². The first-order chi connectivity index (χ1) is 10.6. The maximum Gasteiger partial charge on any atom is 0.304 e. The first-order valence-electron chi connectivity index (χ1n) is 7.59. The van der Waals surface area contributed by atoms with Crippen LogP contribution in [0.2, 0.25) is 0 Å². The van der Waals surface area contributed by atoms with E-state index in [1.165, 1.54) is 11.1 Å². The van der Waals surface area contributed by atoms with E-state index < -0.39 is 11.4 Å². The topological polar surface area (TPSA) is 35.5 Å². The van der Waals surface area contributed by atoms with Crippen LogP contribution in [0.1, 0.15) is 39.2 Å². The lowest BCUT2D eigenvalue weighted by Crippen LogP contribution is -2.05. The van der Waals surface area contributed by atoms with E-state index in [1.54, 1.807) is 0 Å². The van der Waals surface area contributed by atoms with Gasteiger partial charge in [-0.05, 0) is 45.6 Å². The van der Waals surface area contributed by atoms with E-state index in [0.717, 1.165) is 24.8 Å². The largest absolute Gasteiger partial charge is 0.304 e. The van der Waals surface area contributed by atoms with Crippen molar-refractivity contribution in [2.24, 2.45) is 0 Å². The molecule has 0 spiro atoms. The highest BCUT2D eigenvalue weighted by Crippen LogP contribution is 2.07. The van der Waals surface area contributed by atoms with Crippen LogP contribution >= 0.6 is 0 Å². The summed E-state index contributed by atoms with van der Waals surface area (Å²) in [6.45, 7) is 6.95. The molecule has 0 aliphatic rings. The summed E-state index contributed by atoms with van der Waals surface area (Å²) in [5.41, 5.74) is 3.73. The fourth-order valence-corrected chi connectivity index (χ4v) is 2.30. The molecule has 1 unspecified atom stereocenters. The van der Waals surface area contributed by atoms with Gasteiger partial charge in [0.05, 0.1) is 13.2 Å². The van der Waals surface area contributed by atoms with Crippen molar-refractivity contribution in [2.45, 2.75) is 40.0 Å². The lowest BCUT2D eigenvalue weighted by Gasteiger charge is -2.03. The van der Waals surface area contributed by atoms with Crippen LogP contribution in [0.5, 0.6) is 0 Å². The average molecular weight is 322 g/mol. The van der Waals surface area contributed by atoms with Crippen LogP contribution in [0, 0.1) is 0 Å². The summed E-state index contributed by atoms with van der Waals surface area (Å²) in [4.78, 5) is 0. The van der Waals surface area contributed by atoms with E-state index in [4.69, 9.17) is 8.37 Å². The fraction of sp³-hybridized carbons (Fsp3) is 0.444. The second kappa shape index (κ2) is 11.4. The molecule has 0 aromatic heterocycles. The van der Waals surface area contributed by atoms with Crippen molar-refractivity contribution in [1.29, 1.82) is 0 Å². The van der Waals surface area contributed by atoms with Crippen molar-refractivity contribution in [3.8, 4) is 0 Å². The predicted octanol–water partition coefficient (Wildman–Crippen LogP) is 4.53. The lowest BCUT2D eigenvalue weighted by molar-refractivity contribution is 0.269. The maximum atomic E-state index is 11.5. The van der Waals surface area contributed by atoms with E-state index in [0.29, 0.717) is 13.2 Å². The van der Waals surface area contributed by atoms with Crippen molar-refractivity contribution in [3.05, 3.63) is 59.2 Å². The van der Waals surface area contributed by atoms with Gasteiger partial charge in [0.1, 0.15) is 0 Å². The Morgan fingerprint density at radius 1 is 1.09 bits per heavy atom. The van der Waals surface area contributed by atoms with E-state index in [2.05, 4.69) is 26.8 Å². The van der Waals surface area contributed by atoms with Crippen LogP contribution in [0.25, 0.3) is 0 Å². The Balaban J connectivity index is 2.13. The van der Waals surface area contributed by atoms with Gasteiger partial charge in [0, 0.05) is 0 Å². The Labute approximate surface area is 136 Å². The third-order valence-corrected chi connectivity index (χ3v) is 3.79. The molecule has 0 saturated heterocycles. The summed E-state index contributed by atoms with van der Waals surface area (Å²) < 4.78 is 21.8. The van der Waals surface area contributed by atoms with Gasteiger partial charge in [0.2, 0.25) is 0 Å². The highest BCUT2D eigenvalue weighted by atomic mass is 32.2. The average Bonchev–Trinajstić information content (AvgIpc) is 2.48. The summed E-state index contributed by atoms with van der Waals surface area (Å²) in [5, 5.41) is 0. The van der Waals surface area contributed by atoms with Gasteiger partial charge in [-0.15, -0.1) is 0 Å². The quantitative estimate of drug-likeness (QED) is 0.594. The second-order valence-electron chi connectivity index (χ2n) is 5.42. The third-order valence-electron chi connectivity index (χ3n) is 3.10. The zero-order valence-electron chi connectivity index (χ0n) is 13.7. The van der Waals surface area contributed by atoms with Gasteiger partial charge in [-0.2, -0.15) is 4.21 Å². The monoisotopic (exact) mass is 322 g/mol. The first-order valence-corrected chi connectivity index (χ1v) is 8.59. The minimum Gasteiger partial charge on any atom is -0.268 e. The number of hydrogen-bond donors (Lipinski definition) is 0. The number of benzene rings is 1. The molecule has 0 saturated carbocycles. The summed E-state index contributed by atoms with van der Waals surface area (Å²) in [6, 6.07) is 9.96. The Hall–Kier alpha value is -1.23. The molecule has 4 heteroatoms. The Morgan fingerprint density at radius 3 is 2.50 bits per heavy atom. The SMILES string of the molecule is CC(C)=CCC/C(C)=C/COS(=O)OCCc1ccccc1. The fourth-order valence-electron chi connectivity index (χ4n) is 1.83. The Morgan fingerprint density at radius 2 is 1.82 bits per heavy atom. The number of hydrogen-bond acceptors (Lipinski definition) is 3. The van der Waals surface area contributed by atoms with Gasteiger partial charge < -0.3 is 0 Å². The van der Waals surface area contributed by atoms with Gasteiger partial charge in [-0.25, -0.2) is 0 Å². The molecule has 0 N–H and O–H groups in total. The molecule has 22 heavy (non-hydrogen) atoms. The molecule has 3 nitrogen and oxygen atoms in total. The molecule has 0 aliphatic heterocycles. The first kappa shape index (κ1) is 18.8. The minimum absolute atomic E-state index is 0.318. The molecule has 1 rings (SSSR count). The van der Waals surface area contributed by atoms with Crippen LogP contribution in [0.4, 0.5) is 0 Å². The lowest BCUT2D eigenvalue weighted by atomic mass is 10.1. The highest BCUT2D eigenvalue weighted by Gasteiger charge is 2.00. The molecule has 0 heterocycles. The second-order valence-corrected chi connectivity index (χ2v) is 6.30. The summed E-state index contributed by atoms with van der Waals surface area (Å²) in [7, 11) is 0. The standard InChI is InChI=1S/C18H26O3S/c1-16(2)8-7-9-17(3)12-14-20-22(19)21-15-13-18-10-5-4-6-11-18/h4-6,8,10-12H,7,9,13-15H2,1-3H3/b17-12+. The summed E-state index contributed by atoms with van der Waals surface area (Å²) in [6.07, 6.45) is 6.92. The van der Waals surface area contributed by atoms with E-state index in [1.807, 2.05) is 36.4 Å². The van der Waals surface area contributed by atoms with Crippen LogP contribution in [-0.4, -0.2) is 17.4 Å². The van der Waals surface area contributed by atoms with Crippen molar-refractivity contribution < 1.29 is 12.6 Å². The van der Waals surface area contributed by atoms with Gasteiger partial charge in [-0.1, -0.05) is 53.6 Å². The Bertz CT molecular complexity index is 502. The smallest absolute Gasteiger partial charge is 0.268 e. The molecule has 0 amide bonds. The molecule has 0 radical (unpaired) electrons. The number of rotatable bonds is 10.